The molecule has 0 spiro atoms. The van der Waals surface area contributed by atoms with Gasteiger partial charge in [-0.2, -0.15) is 0 Å². The topological polar surface area (TPSA) is 63.6 Å². The fourth-order valence-corrected chi connectivity index (χ4v) is 0.538. The first kappa shape index (κ1) is 10.3. The molecule has 0 aromatic heterocycles. The average Bonchev–Trinajstić information content (AvgIpc) is 1.86. The van der Waals surface area contributed by atoms with E-state index in [1.807, 2.05) is 0 Å². The molecule has 0 radical (unpaired) electrons. The van der Waals surface area contributed by atoms with Crippen LogP contribution >= 0.6 is 12.6 Å². The van der Waals surface area contributed by atoms with Gasteiger partial charge in [-0.15, -0.1) is 0 Å². The number of rotatable bonds is 4. The number of carboxylic acid groups (broad SMARTS) is 1. The van der Waals surface area contributed by atoms with Crippen molar-refractivity contribution in [2.24, 2.45) is 5.92 Å². The van der Waals surface area contributed by atoms with Gasteiger partial charge in [-0.1, -0.05) is 19.6 Å². The smallest absolute Gasteiger partial charge is 0.364 e. The van der Waals surface area contributed by atoms with Crippen molar-refractivity contribution in [3.05, 3.63) is 0 Å². The summed E-state index contributed by atoms with van der Waals surface area (Å²) in [4.78, 5) is 20.3. The summed E-state index contributed by atoms with van der Waals surface area (Å²) in [6.45, 7) is 1.66. The lowest BCUT2D eigenvalue weighted by Crippen LogP contribution is -2.12. The first-order chi connectivity index (χ1) is 5.04. The summed E-state index contributed by atoms with van der Waals surface area (Å²) >= 11 is 3.34. The number of thiol groups is 1. The van der Waals surface area contributed by atoms with E-state index in [1.54, 1.807) is 6.92 Å². The molecule has 0 bridgehead atoms. The normalized spacial score (nSPS) is 12.2. The van der Waals surface area contributed by atoms with Crippen molar-refractivity contribution >= 4 is 23.9 Å². The fourth-order valence-electron chi connectivity index (χ4n) is 0.446. The minimum atomic E-state index is -0.889. The maximum absolute atomic E-state index is 10.2. The van der Waals surface area contributed by atoms with Crippen LogP contribution in [0.4, 0.5) is 4.79 Å². The Balaban J connectivity index is 3.39. The Morgan fingerprint density at radius 1 is 1.64 bits per heavy atom. The second-order valence-corrected chi connectivity index (χ2v) is 2.51. The van der Waals surface area contributed by atoms with E-state index < -0.39 is 17.2 Å². The van der Waals surface area contributed by atoms with E-state index in [2.05, 4.69) is 17.4 Å². The summed E-state index contributed by atoms with van der Waals surface area (Å²) in [5, 5.41) is 7.71. The van der Waals surface area contributed by atoms with E-state index in [0.717, 1.165) is 0 Å². The van der Waals surface area contributed by atoms with Crippen LogP contribution < -0.4 is 0 Å². The van der Waals surface area contributed by atoms with Gasteiger partial charge >= 0.3 is 11.3 Å². The van der Waals surface area contributed by atoms with Crippen LogP contribution in [0.5, 0.6) is 0 Å². The van der Waals surface area contributed by atoms with Crippen molar-refractivity contribution in [3.63, 3.8) is 0 Å². The SMILES string of the molecule is CC(CCOC(=O)S)C(=O)O. The lowest BCUT2D eigenvalue weighted by Gasteiger charge is -2.04. The molecule has 0 saturated carbocycles. The Morgan fingerprint density at radius 3 is 2.55 bits per heavy atom. The van der Waals surface area contributed by atoms with Crippen LogP contribution in [-0.4, -0.2) is 23.0 Å². The number of hydrogen-bond donors (Lipinski definition) is 2. The van der Waals surface area contributed by atoms with E-state index in [9.17, 15) is 9.59 Å². The predicted molar refractivity (Wildman–Crippen MR) is 41.8 cm³/mol. The molecule has 5 heteroatoms. The predicted octanol–water partition coefficient (Wildman–Crippen LogP) is 1.16. The Hall–Kier alpha value is -0.710. The number of hydrogen-bond acceptors (Lipinski definition) is 3. The van der Waals surface area contributed by atoms with Crippen LogP contribution in [0.15, 0.2) is 0 Å². The molecule has 64 valence electrons. The zero-order valence-electron chi connectivity index (χ0n) is 6.11. The van der Waals surface area contributed by atoms with E-state index in [-0.39, 0.29) is 6.61 Å². The highest BCUT2D eigenvalue weighted by Crippen LogP contribution is 2.02. The van der Waals surface area contributed by atoms with Gasteiger partial charge in [0.15, 0.2) is 0 Å². The molecule has 1 N–H and O–H groups in total. The lowest BCUT2D eigenvalue weighted by molar-refractivity contribution is -0.141. The molecule has 4 nitrogen and oxygen atoms in total. The zero-order valence-corrected chi connectivity index (χ0v) is 7.01. The van der Waals surface area contributed by atoms with Gasteiger partial charge in [0.05, 0.1) is 12.5 Å². The van der Waals surface area contributed by atoms with E-state index >= 15 is 0 Å². The van der Waals surface area contributed by atoms with Crippen molar-refractivity contribution in [2.75, 3.05) is 6.61 Å². The number of carboxylic acids is 1. The third-order valence-electron chi connectivity index (χ3n) is 1.20. The first-order valence-electron chi connectivity index (χ1n) is 3.12. The van der Waals surface area contributed by atoms with E-state index in [4.69, 9.17) is 5.11 Å². The Kier molecular flexibility index (Phi) is 4.69. The third kappa shape index (κ3) is 5.72. The number of ether oxygens (including phenoxy) is 1. The van der Waals surface area contributed by atoms with Crippen molar-refractivity contribution in [1.29, 1.82) is 0 Å². The second kappa shape index (κ2) is 5.01. The van der Waals surface area contributed by atoms with Gasteiger partial charge in [0, 0.05) is 0 Å². The van der Waals surface area contributed by atoms with Crippen molar-refractivity contribution in [3.8, 4) is 0 Å². The van der Waals surface area contributed by atoms with Gasteiger partial charge in [0.25, 0.3) is 0 Å². The molecular weight excluding hydrogens is 168 g/mol. The molecule has 0 heterocycles. The van der Waals surface area contributed by atoms with Gasteiger partial charge in [0.1, 0.15) is 0 Å². The molecule has 0 rings (SSSR count). The average molecular weight is 178 g/mol. The number of carbonyl (C=O) groups excluding carboxylic acids is 1. The molecule has 0 aromatic carbocycles. The van der Waals surface area contributed by atoms with Crippen LogP contribution in [0.2, 0.25) is 0 Å². The lowest BCUT2D eigenvalue weighted by atomic mass is 10.1. The van der Waals surface area contributed by atoms with Crippen molar-refractivity contribution in [1.82, 2.24) is 0 Å². The first-order valence-corrected chi connectivity index (χ1v) is 3.57. The minimum Gasteiger partial charge on any atom is -0.481 e. The largest absolute Gasteiger partial charge is 0.481 e. The van der Waals surface area contributed by atoms with Crippen molar-refractivity contribution in [2.45, 2.75) is 13.3 Å². The molecule has 1 atom stereocenters. The van der Waals surface area contributed by atoms with Gasteiger partial charge in [-0.3, -0.25) is 4.79 Å². The molecule has 0 saturated heterocycles. The summed E-state index contributed by atoms with van der Waals surface area (Å²) in [6.07, 6.45) is 0.321. The molecule has 0 fully saturated rings. The Labute approximate surface area is 69.9 Å². The number of carbonyl (C=O) groups is 2. The highest BCUT2D eigenvalue weighted by molar-refractivity contribution is 7.96. The molecule has 1 unspecified atom stereocenters. The standard InChI is InChI=1S/C6H10O4S/c1-4(5(7)8)2-3-10-6(9)11/h4H,2-3H2,1H3,(H,7,8)(H,9,11). The fraction of sp³-hybridized carbons (Fsp3) is 0.667. The van der Waals surface area contributed by atoms with Gasteiger partial charge < -0.3 is 9.84 Å². The number of aliphatic carboxylic acids is 1. The van der Waals surface area contributed by atoms with Gasteiger partial charge in [0.2, 0.25) is 0 Å². The molecule has 0 aliphatic heterocycles. The van der Waals surface area contributed by atoms with Gasteiger partial charge in [-0.05, 0) is 6.42 Å². The van der Waals surface area contributed by atoms with Crippen molar-refractivity contribution < 1.29 is 19.4 Å². The van der Waals surface area contributed by atoms with Crippen LogP contribution in [0, 0.1) is 5.92 Å². The highest BCUT2D eigenvalue weighted by Gasteiger charge is 2.10. The van der Waals surface area contributed by atoms with E-state index in [1.165, 1.54) is 0 Å². The summed E-state index contributed by atoms with van der Waals surface area (Å²) in [6, 6.07) is 0. The summed E-state index contributed by atoms with van der Waals surface area (Å²) < 4.78 is 4.42. The van der Waals surface area contributed by atoms with E-state index in [0.29, 0.717) is 6.42 Å². The summed E-state index contributed by atoms with van der Waals surface area (Å²) in [7, 11) is 0. The third-order valence-corrected chi connectivity index (χ3v) is 1.33. The van der Waals surface area contributed by atoms with Crippen LogP contribution in [0.25, 0.3) is 0 Å². The summed E-state index contributed by atoms with van der Waals surface area (Å²) in [5.74, 6) is -1.37. The minimum absolute atomic E-state index is 0.107. The molecule has 11 heavy (non-hydrogen) atoms. The highest BCUT2D eigenvalue weighted by atomic mass is 32.1. The summed E-state index contributed by atoms with van der Waals surface area (Å²) in [5.41, 5.74) is 0. The maximum Gasteiger partial charge on any atom is 0.364 e. The van der Waals surface area contributed by atoms with Crippen LogP contribution in [-0.2, 0) is 9.53 Å². The Bertz CT molecular complexity index is 157. The monoisotopic (exact) mass is 178 g/mol. The van der Waals surface area contributed by atoms with Gasteiger partial charge in [-0.25, -0.2) is 4.79 Å². The molecule has 0 amide bonds. The van der Waals surface area contributed by atoms with Crippen LogP contribution in [0.1, 0.15) is 13.3 Å². The molecule has 0 aliphatic carbocycles. The molecule has 0 aromatic rings. The second-order valence-electron chi connectivity index (χ2n) is 2.14. The van der Waals surface area contributed by atoms with Crippen LogP contribution in [0.3, 0.4) is 0 Å². The maximum atomic E-state index is 10.2. The Morgan fingerprint density at radius 2 is 2.18 bits per heavy atom. The molecular formula is C6H10O4S. The quantitative estimate of drug-likeness (QED) is 0.501. The zero-order chi connectivity index (χ0) is 8.85. The molecule has 0 aliphatic rings.